The van der Waals surface area contributed by atoms with Crippen LogP contribution in [0.1, 0.15) is 22.8 Å². The molecule has 0 aromatic heterocycles. The zero-order valence-corrected chi connectivity index (χ0v) is 19.6. The van der Waals surface area contributed by atoms with E-state index in [1.807, 2.05) is 0 Å². The molecule has 10 nitrogen and oxygen atoms in total. The minimum Gasteiger partial charge on any atom is -0.478 e. The molecule has 3 N–H and O–H groups in total. The van der Waals surface area contributed by atoms with E-state index in [2.05, 4.69) is 10.6 Å². The summed E-state index contributed by atoms with van der Waals surface area (Å²) < 4.78 is 30.2. The fourth-order valence-electron chi connectivity index (χ4n) is 2.91. The zero-order valence-electron chi connectivity index (χ0n) is 18.8. The van der Waals surface area contributed by atoms with E-state index < -0.39 is 22.0 Å². The molecule has 11 heteroatoms. The predicted octanol–water partition coefficient (Wildman–Crippen LogP) is 3.66. The van der Waals surface area contributed by atoms with Crippen LogP contribution in [-0.2, 0) is 19.7 Å². The molecule has 2 amide bonds. The number of carbonyl (C=O) groups excluding carboxylic acids is 2. The van der Waals surface area contributed by atoms with Gasteiger partial charge in [-0.2, -0.15) is 13.7 Å². The van der Waals surface area contributed by atoms with Gasteiger partial charge in [0.15, 0.2) is 0 Å². The van der Waals surface area contributed by atoms with Crippen LogP contribution in [0.15, 0.2) is 83.3 Å². The number of aromatic carboxylic acids is 1. The first-order valence-corrected chi connectivity index (χ1v) is 11.7. The summed E-state index contributed by atoms with van der Waals surface area (Å²) in [5, 5.41) is 23.3. The number of carbonyl (C=O) groups is 3. The second-order valence-electron chi connectivity index (χ2n) is 7.32. The second kappa shape index (κ2) is 11.0. The Morgan fingerprint density at radius 2 is 1.44 bits per heavy atom. The van der Waals surface area contributed by atoms with Gasteiger partial charge >= 0.3 is 16.1 Å². The van der Waals surface area contributed by atoms with Crippen LogP contribution in [0, 0.1) is 11.3 Å². The first-order valence-electron chi connectivity index (χ1n) is 10.3. The van der Waals surface area contributed by atoms with E-state index >= 15 is 0 Å². The molecular weight excluding hydrogens is 486 g/mol. The van der Waals surface area contributed by atoms with Crippen LogP contribution in [0.2, 0.25) is 0 Å². The summed E-state index contributed by atoms with van der Waals surface area (Å²) in [5.41, 5.74) is 1.01. The topological polar surface area (TPSA) is 163 Å². The third-order valence-electron chi connectivity index (χ3n) is 4.62. The Bertz CT molecular complexity index is 1470. The number of hydrogen-bond donors (Lipinski definition) is 3. The Kier molecular flexibility index (Phi) is 7.83. The fourth-order valence-corrected chi connectivity index (χ4v) is 3.84. The summed E-state index contributed by atoms with van der Waals surface area (Å²) >= 11 is 0. The summed E-state index contributed by atoms with van der Waals surface area (Å²) in [4.78, 5) is 34.3. The van der Waals surface area contributed by atoms with Gasteiger partial charge in [0.2, 0.25) is 5.91 Å². The molecule has 36 heavy (non-hydrogen) atoms. The maximum Gasteiger partial charge on any atom is 0.339 e. The number of nitrogens with zero attached hydrogens (tertiary/aromatic N) is 1. The van der Waals surface area contributed by atoms with Crippen molar-refractivity contribution in [2.45, 2.75) is 11.8 Å². The highest BCUT2D eigenvalue weighted by atomic mass is 32.2. The normalized spacial score (nSPS) is 11.2. The molecule has 0 spiro atoms. The molecule has 0 bridgehead atoms. The summed E-state index contributed by atoms with van der Waals surface area (Å²) in [6.45, 7) is 1.33. The molecule has 0 atom stereocenters. The molecule has 0 saturated heterocycles. The van der Waals surface area contributed by atoms with Crippen molar-refractivity contribution in [1.29, 1.82) is 5.26 Å². The Morgan fingerprint density at radius 3 is 1.97 bits per heavy atom. The molecule has 0 aliphatic carbocycles. The minimum absolute atomic E-state index is 0.0135. The van der Waals surface area contributed by atoms with Crippen LogP contribution >= 0.6 is 0 Å². The van der Waals surface area contributed by atoms with E-state index in [1.54, 1.807) is 6.07 Å². The quantitative estimate of drug-likeness (QED) is 0.237. The van der Waals surface area contributed by atoms with Gasteiger partial charge in [-0.05, 0) is 72.3 Å². The highest BCUT2D eigenvalue weighted by molar-refractivity contribution is 7.87. The number of benzene rings is 3. The number of carboxylic acid groups (broad SMARTS) is 1. The molecule has 182 valence electrons. The highest BCUT2D eigenvalue weighted by Crippen LogP contribution is 2.22. The van der Waals surface area contributed by atoms with Crippen LogP contribution in [0.5, 0.6) is 5.75 Å². The molecule has 0 unspecified atom stereocenters. The Morgan fingerprint density at radius 1 is 0.889 bits per heavy atom. The number of nitrogens with one attached hydrogen (secondary N) is 2. The maximum atomic E-state index is 12.5. The number of rotatable bonds is 8. The molecule has 0 fully saturated rings. The van der Waals surface area contributed by atoms with Crippen molar-refractivity contribution in [3.8, 4) is 11.8 Å². The van der Waals surface area contributed by atoms with Gasteiger partial charge in [-0.25, -0.2) is 4.79 Å². The third-order valence-corrected chi connectivity index (χ3v) is 5.88. The van der Waals surface area contributed by atoms with Gasteiger partial charge in [0, 0.05) is 18.3 Å². The molecule has 3 aromatic carbocycles. The van der Waals surface area contributed by atoms with Crippen LogP contribution in [0.3, 0.4) is 0 Å². The number of anilines is 2. The minimum atomic E-state index is -4.14. The third kappa shape index (κ3) is 6.78. The predicted molar refractivity (Wildman–Crippen MR) is 131 cm³/mol. The first-order chi connectivity index (χ1) is 17.1. The Balaban J connectivity index is 1.69. The lowest BCUT2D eigenvalue weighted by Crippen LogP contribution is -2.13. The average Bonchev–Trinajstić information content (AvgIpc) is 2.83. The van der Waals surface area contributed by atoms with E-state index in [0.29, 0.717) is 16.9 Å². The van der Waals surface area contributed by atoms with Crippen LogP contribution in [0.25, 0.3) is 6.08 Å². The van der Waals surface area contributed by atoms with Crippen molar-refractivity contribution in [2.24, 2.45) is 0 Å². The van der Waals surface area contributed by atoms with Gasteiger partial charge in [-0.15, -0.1) is 0 Å². The molecule has 0 heterocycles. The van der Waals surface area contributed by atoms with Gasteiger partial charge in [0.25, 0.3) is 5.91 Å². The summed E-state index contributed by atoms with van der Waals surface area (Å²) in [7, 11) is -4.14. The molecular formula is C25H19N3O7S. The molecule has 0 aliphatic heterocycles. The molecule has 0 radical (unpaired) electrons. The molecule has 0 saturated carbocycles. The summed E-state index contributed by atoms with van der Waals surface area (Å²) in [5.74, 6) is -2.08. The largest absolute Gasteiger partial charge is 0.478 e. The van der Waals surface area contributed by atoms with Gasteiger partial charge in [0.05, 0.1) is 5.56 Å². The fraction of sp³-hybridized carbons (Fsp3) is 0.0400. The van der Waals surface area contributed by atoms with E-state index in [1.165, 1.54) is 85.8 Å². The second-order valence-corrected chi connectivity index (χ2v) is 8.86. The lowest BCUT2D eigenvalue weighted by Gasteiger charge is -2.08. The van der Waals surface area contributed by atoms with E-state index in [0.717, 1.165) is 0 Å². The van der Waals surface area contributed by atoms with Crippen molar-refractivity contribution in [2.75, 3.05) is 10.6 Å². The van der Waals surface area contributed by atoms with Crippen LogP contribution in [-0.4, -0.2) is 31.3 Å². The monoisotopic (exact) mass is 505 g/mol. The van der Waals surface area contributed by atoms with Crippen molar-refractivity contribution >= 4 is 45.4 Å². The van der Waals surface area contributed by atoms with Crippen molar-refractivity contribution < 1.29 is 32.1 Å². The standard InChI is InChI=1S/C25H19N3O7S/c1-16(29)27-20-8-12-23(13-9-20)36(33,34)35-22-10-2-17(3-11-22)14-19(15-26)24(30)28-21-6-4-18(5-7-21)25(31)32/h2-14H,1H3,(H,27,29)(H,28,30)(H,31,32)/b19-14+. The van der Waals surface area contributed by atoms with Crippen molar-refractivity contribution in [3.63, 3.8) is 0 Å². The molecule has 0 aliphatic rings. The van der Waals surface area contributed by atoms with Gasteiger partial charge < -0.3 is 19.9 Å². The Hall–Kier alpha value is -4.95. The molecule has 3 aromatic rings. The lowest BCUT2D eigenvalue weighted by molar-refractivity contribution is -0.114. The van der Waals surface area contributed by atoms with E-state index in [-0.39, 0.29) is 27.7 Å². The van der Waals surface area contributed by atoms with Crippen molar-refractivity contribution in [3.05, 3.63) is 89.5 Å². The van der Waals surface area contributed by atoms with Gasteiger partial charge in [-0.1, -0.05) is 12.1 Å². The number of amides is 2. The number of nitriles is 1. The SMILES string of the molecule is CC(=O)Nc1ccc(S(=O)(=O)Oc2ccc(/C=C(\C#N)C(=O)Nc3ccc(C(=O)O)cc3)cc2)cc1. The number of carboxylic acids is 1. The van der Waals surface area contributed by atoms with E-state index in [4.69, 9.17) is 9.29 Å². The maximum absolute atomic E-state index is 12.5. The van der Waals surface area contributed by atoms with Gasteiger partial charge in [-0.3, -0.25) is 9.59 Å². The van der Waals surface area contributed by atoms with Gasteiger partial charge in [0.1, 0.15) is 22.3 Å². The van der Waals surface area contributed by atoms with Crippen LogP contribution < -0.4 is 14.8 Å². The summed E-state index contributed by atoms with van der Waals surface area (Å²) in [6.07, 6.45) is 1.31. The number of hydrogen-bond acceptors (Lipinski definition) is 7. The lowest BCUT2D eigenvalue weighted by atomic mass is 10.1. The highest BCUT2D eigenvalue weighted by Gasteiger charge is 2.17. The summed E-state index contributed by atoms with van der Waals surface area (Å²) in [6, 6.07) is 18.4. The Labute approximate surface area is 206 Å². The average molecular weight is 506 g/mol. The smallest absolute Gasteiger partial charge is 0.339 e. The van der Waals surface area contributed by atoms with Crippen molar-refractivity contribution in [1.82, 2.24) is 0 Å². The first kappa shape index (κ1) is 25.7. The van der Waals surface area contributed by atoms with E-state index in [9.17, 15) is 28.1 Å². The van der Waals surface area contributed by atoms with Crippen LogP contribution in [0.4, 0.5) is 11.4 Å². The molecule has 3 rings (SSSR count). The zero-order chi connectivity index (χ0) is 26.3.